The predicted molar refractivity (Wildman–Crippen MR) is 198 cm³/mol. The number of rotatable bonds is 4. The number of hydrogen-bond acceptors (Lipinski definition) is 0. The SMILES string of the molecule is c1ccc(-c2ccc3cccc(-c4c5ccccc5c(-c5cc(-c6ccccc6)c6ccccc6c5)c5ccccc45)c3c2)cc1. The minimum absolute atomic E-state index is 1.23. The van der Waals surface area contributed by atoms with Gasteiger partial charge >= 0.3 is 0 Å². The van der Waals surface area contributed by atoms with Crippen molar-refractivity contribution in [2.45, 2.75) is 0 Å². The molecule has 0 aromatic heterocycles. The van der Waals surface area contributed by atoms with Crippen LogP contribution < -0.4 is 0 Å². The van der Waals surface area contributed by atoms with Gasteiger partial charge in [-0.15, -0.1) is 0 Å². The van der Waals surface area contributed by atoms with Crippen molar-refractivity contribution in [3.8, 4) is 44.5 Å². The standard InChI is InChI=1S/C46H30/c1-3-14-31(15-4-1)34-27-26-33-19-13-25-42(44(33)29-34)46-40-23-11-9-21-38(40)45(39-22-10-12-24-41(39)46)36-28-35-18-7-8-20-37(35)43(30-36)32-16-5-2-6-17-32/h1-30H. The lowest BCUT2D eigenvalue weighted by Gasteiger charge is -2.20. The third-order valence-electron chi connectivity index (χ3n) is 9.43. The molecule has 0 N–H and O–H groups in total. The van der Waals surface area contributed by atoms with Crippen molar-refractivity contribution in [3.05, 3.63) is 182 Å². The molecule has 0 unspecified atom stereocenters. The zero-order valence-corrected chi connectivity index (χ0v) is 25.3. The van der Waals surface area contributed by atoms with E-state index in [0.29, 0.717) is 0 Å². The molecule has 9 aromatic rings. The molecule has 0 aliphatic rings. The van der Waals surface area contributed by atoms with Crippen LogP contribution in [-0.4, -0.2) is 0 Å². The van der Waals surface area contributed by atoms with Crippen molar-refractivity contribution in [1.29, 1.82) is 0 Å². The van der Waals surface area contributed by atoms with Gasteiger partial charge in [-0.1, -0.05) is 164 Å². The van der Waals surface area contributed by atoms with Crippen LogP contribution in [0.3, 0.4) is 0 Å². The van der Waals surface area contributed by atoms with E-state index in [2.05, 4.69) is 182 Å². The summed E-state index contributed by atoms with van der Waals surface area (Å²) < 4.78 is 0. The summed E-state index contributed by atoms with van der Waals surface area (Å²) >= 11 is 0. The topological polar surface area (TPSA) is 0 Å². The van der Waals surface area contributed by atoms with Crippen molar-refractivity contribution in [2.24, 2.45) is 0 Å². The average Bonchev–Trinajstić information content (AvgIpc) is 3.13. The highest BCUT2D eigenvalue weighted by Gasteiger charge is 2.19. The molecule has 214 valence electrons. The third-order valence-corrected chi connectivity index (χ3v) is 9.43. The lowest BCUT2D eigenvalue weighted by Crippen LogP contribution is -1.93. The van der Waals surface area contributed by atoms with Gasteiger partial charge in [-0.05, 0) is 106 Å². The first-order valence-corrected chi connectivity index (χ1v) is 15.9. The monoisotopic (exact) mass is 582 g/mol. The zero-order valence-electron chi connectivity index (χ0n) is 25.3. The molecule has 9 rings (SSSR count). The van der Waals surface area contributed by atoms with Gasteiger partial charge in [0.25, 0.3) is 0 Å². The van der Waals surface area contributed by atoms with Crippen molar-refractivity contribution in [1.82, 2.24) is 0 Å². The number of hydrogen-bond donors (Lipinski definition) is 0. The summed E-state index contributed by atoms with van der Waals surface area (Å²) in [5.74, 6) is 0. The van der Waals surface area contributed by atoms with Gasteiger partial charge < -0.3 is 0 Å². The minimum Gasteiger partial charge on any atom is -0.0622 e. The number of fused-ring (bicyclic) bond motifs is 4. The maximum Gasteiger partial charge on any atom is -0.00201 e. The Morgan fingerprint density at radius 2 is 0.761 bits per heavy atom. The van der Waals surface area contributed by atoms with Gasteiger partial charge in [-0.3, -0.25) is 0 Å². The smallest absolute Gasteiger partial charge is 0.00201 e. The Bertz CT molecular complexity index is 2500. The number of benzene rings is 9. The highest BCUT2D eigenvalue weighted by molar-refractivity contribution is 6.24. The molecule has 0 aliphatic carbocycles. The largest absolute Gasteiger partial charge is 0.0622 e. The molecule has 0 fully saturated rings. The molecule has 0 aliphatic heterocycles. The first-order valence-electron chi connectivity index (χ1n) is 15.9. The summed E-state index contributed by atoms with van der Waals surface area (Å²) in [5.41, 5.74) is 10.0. The van der Waals surface area contributed by atoms with E-state index < -0.39 is 0 Å². The van der Waals surface area contributed by atoms with E-state index in [1.165, 1.54) is 87.6 Å². The molecule has 9 aromatic carbocycles. The molecule has 0 nitrogen and oxygen atoms in total. The maximum absolute atomic E-state index is 2.40. The summed E-state index contributed by atoms with van der Waals surface area (Å²) in [7, 11) is 0. The van der Waals surface area contributed by atoms with E-state index in [-0.39, 0.29) is 0 Å². The maximum atomic E-state index is 2.40. The van der Waals surface area contributed by atoms with E-state index in [9.17, 15) is 0 Å². The molecule has 0 saturated heterocycles. The Hall–Kier alpha value is -5.98. The summed E-state index contributed by atoms with van der Waals surface area (Å²) in [6.07, 6.45) is 0. The van der Waals surface area contributed by atoms with Gasteiger partial charge in [0, 0.05) is 0 Å². The Morgan fingerprint density at radius 3 is 1.43 bits per heavy atom. The molecule has 0 spiro atoms. The summed E-state index contributed by atoms with van der Waals surface area (Å²) in [6, 6.07) is 66.5. The quantitative estimate of drug-likeness (QED) is 0.181. The van der Waals surface area contributed by atoms with E-state index >= 15 is 0 Å². The molecule has 46 heavy (non-hydrogen) atoms. The Balaban J connectivity index is 1.37. The van der Waals surface area contributed by atoms with Crippen LogP contribution in [-0.2, 0) is 0 Å². The summed E-state index contributed by atoms with van der Waals surface area (Å²) in [5, 5.41) is 10.1. The molecule has 0 heteroatoms. The van der Waals surface area contributed by atoms with Crippen LogP contribution in [0.1, 0.15) is 0 Å². The van der Waals surface area contributed by atoms with Gasteiger partial charge in [-0.2, -0.15) is 0 Å². The second-order valence-corrected chi connectivity index (χ2v) is 12.1. The molecule has 0 heterocycles. The van der Waals surface area contributed by atoms with Crippen LogP contribution in [0.2, 0.25) is 0 Å². The first kappa shape index (κ1) is 26.4. The zero-order chi connectivity index (χ0) is 30.5. The van der Waals surface area contributed by atoms with Crippen LogP contribution in [0, 0.1) is 0 Å². The van der Waals surface area contributed by atoms with Crippen molar-refractivity contribution < 1.29 is 0 Å². The second-order valence-electron chi connectivity index (χ2n) is 12.1. The van der Waals surface area contributed by atoms with E-state index in [1.807, 2.05) is 0 Å². The third kappa shape index (κ3) is 4.30. The molecule has 0 bridgehead atoms. The second kappa shape index (κ2) is 10.9. The Labute approximate surface area is 268 Å². The Kier molecular flexibility index (Phi) is 6.25. The van der Waals surface area contributed by atoms with Crippen LogP contribution >= 0.6 is 0 Å². The van der Waals surface area contributed by atoms with E-state index in [4.69, 9.17) is 0 Å². The molecule has 0 amide bonds. The van der Waals surface area contributed by atoms with Gasteiger partial charge in [0.15, 0.2) is 0 Å². The molecule has 0 saturated carbocycles. The van der Waals surface area contributed by atoms with Crippen LogP contribution in [0.25, 0.3) is 87.6 Å². The lowest BCUT2D eigenvalue weighted by molar-refractivity contribution is 1.63. The van der Waals surface area contributed by atoms with Gasteiger partial charge in [-0.25, -0.2) is 0 Å². The van der Waals surface area contributed by atoms with E-state index in [1.54, 1.807) is 0 Å². The fourth-order valence-corrected chi connectivity index (χ4v) is 7.34. The van der Waals surface area contributed by atoms with Crippen LogP contribution in [0.4, 0.5) is 0 Å². The van der Waals surface area contributed by atoms with Crippen LogP contribution in [0.5, 0.6) is 0 Å². The molecule has 0 radical (unpaired) electrons. The summed E-state index contributed by atoms with van der Waals surface area (Å²) in [4.78, 5) is 0. The van der Waals surface area contributed by atoms with Crippen LogP contribution in [0.15, 0.2) is 182 Å². The summed E-state index contributed by atoms with van der Waals surface area (Å²) in [6.45, 7) is 0. The lowest BCUT2D eigenvalue weighted by atomic mass is 9.83. The van der Waals surface area contributed by atoms with Gasteiger partial charge in [0.1, 0.15) is 0 Å². The van der Waals surface area contributed by atoms with Crippen molar-refractivity contribution in [2.75, 3.05) is 0 Å². The van der Waals surface area contributed by atoms with E-state index in [0.717, 1.165) is 0 Å². The normalized spacial score (nSPS) is 11.5. The van der Waals surface area contributed by atoms with Crippen molar-refractivity contribution >= 4 is 43.1 Å². The van der Waals surface area contributed by atoms with Gasteiger partial charge in [0.2, 0.25) is 0 Å². The fraction of sp³-hybridized carbons (Fsp3) is 0. The first-order chi connectivity index (χ1) is 22.8. The highest BCUT2D eigenvalue weighted by Crippen LogP contribution is 2.47. The molecule has 0 atom stereocenters. The predicted octanol–water partition coefficient (Wildman–Crippen LogP) is 13.0. The minimum atomic E-state index is 1.23. The Morgan fingerprint density at radius 1 is 0.217 bits per heavy atom. The highest BCUT2D eigenvalue weighted by atomic mass is 14.2. The molecular weight excluding hydrogens is 553 g/mol. The van der Waals surface area contributed by atoms with Gasteiger partial charge in [0.05, 0.1) is 0 Å². The fourth-order valence-electron chi connectivity index (χ4n) is 7.34. The van der Waals surface area contributed by atoms with Crippen molar-refractivity contribution in [3.63, 3.8) is 0 Å². The average molecular weight is 583 g/mol. The molecular formula is C46H30.